The molecule has 2 aromatic rings. The van der Waals surface area contributed by atoms with Gasteiger partial charge in [0.05, 0.1) is 5.69 Å². The van der Waals surface area contributed by atoms with Crippen molar-refractivity contribution in [2.24, 2.45) is 0 Å². The van der Waals surface area contributed by atoms with Crippen LogP contribution in [0.4, 0.5) is 35.0 Å². The molecule has 0 fully saturated rings. The van der Waals surface area contributed by atoms with Crippen molar-refractivity contribution < 1.29 is 17.6 Å². The summed E-state index contributed by atoms with van der Waals surface area (Å²) < 4.78 is 52.8. The Hall–Kier alpha value is -2.42. The number of halogens is 4. The zero-order valence-electron chi connectivity index (χ0n) is 13.9. The third-order valence-corrected chi connectivity index (χ3v) is 3.22. The number of alkyl halides is 3. The lowest BCUT2D eigenvalue weighted by Gasteiger charge is -2.14. The van der Waals surface area contributed by atoms with Gasteiger partial charge in [0.1, 0.15) is 11.6 Å². The third-order valence-electron chi connectivity index (χ3n) is 3.22. The molecule has 9 heteroatoms. The van der Waals surface area contributed by atoms with Crippen LogP contribution in [0.25, 0.3) is 0 Å². The van der Waals surface area contributed by atoms with E-state index in [4.69, 9.17) is 0 Å². The minimum absolute atomic E-state index is 0.0351. The Balaban J connectivity index is 2.20. The number of benzene rings is 1. The van der Waals surface area contributed by atoms with Crippen molar-refractivity contribution >= 4 is 17.5 Å². The largest absolute Gasteiger partial charge is 0.433 e. The van der Waals surface area contributed by atoms with Gasteiger partial charge in [0.2, 0.25) is 5.95 Å². The number of rotatable bonds is 7. The van der Waals surface area contributed by atoms with E-state index in [2.05, 4.69) is 20.6 Å². The summed E-state index contributed by atoms with van der Waals surface area (Å²) in [5.41, 5.74) is -1.07. The van der Waals surface area contributed by atoms with Crippen LogP contribution < -0.4 is 10.6 Å². The lowest BCUT2D eigenvalue weighted by molar-refractivity contribution is -0.141. The molecule has 1 aromatic carbocycles. The van der Waals surface area contributed by atoms with Crippen LogP contribution >= 0.6 is 0 Å². The average molecular weight is 357 g/mol. The average Bonchev–Trinajstić information content (AvgIpc) is 2.53. The number of para-hydroxylation sites is 1. The molecule has 0 amide bonds. The lowest BCUT2D eigenvalue weighted by Crippen LogP contribution is -2.18. The zero-order valence-corrected chi connectivity index (χ0v) is 13.9. The number of hydrogen-bond donors (Lipinski definition) is 2. The van der Waals surface area contributed by atoms with Gasteiger partial charge < -0.3 is 15.5 Å². The maximum atomic E-state index is 13.7. The molecule has 0 radical (unpaired) electrons. The van der Waals surface area contributed by atoms with Gasteiger partial charge in [-0.05, 0) is 39.2 Å². The Labute approximate surface area is 143 Å². The van der Waals surface area contributed by atoms with Crippen molar-refractivity contribution in [2.45, 2.75) is 12.6 Å². The van der Waals surface area contributed by atoms with Crippen molar-refractivity contribution in [2.75, 3.05) is 37.8 Å². The van der Waals surface area contributed by atoms with Gasteiger partial charge >= 0.3 is 6.18 Å². The van der Waals surface area contributed by atoms with E-state index in [-0.39, 0.29) is 17.5 Å². The molecule has 2 rings (SSSR count). The van der Waals surface area contributed by atoms with Crippen LogP contribution in [-0.2, 0) is 6.18 Å². The summed E-state index contributed by atoms with van der Waals surface area (Å²) in [7, 11) is 3.80. The van der Waals surface area contributed by atoms with Crippen molar-refractivity contribution in [1.82, 2.24) is 14.9 Å². The van der Waals surface area contributed by atoms with Gasteiger partial charge in [0, 0.05) is 12.6 Å². The quantitative estimate of drug-likeness (QED) is 0.584. The molecule has 136 valence electrons. The van der Waals surface area contributed by atoms with Crippen LogP contribution in [0, 0.1) is 5.82 Å². The summed E-state index contributed by atoms with van der Waals surface area (Å²) in [5, 5.41) is 5.33. The maximum Gasteiger partial charge on any atom is 0.433 e. The van der Waals surface area contributed by atoms with E-state index in [0.29, 0.717) is 13.0 Å². The second-order valence-corrected chi connectivity index (χ2v) is 5.65. The smallest absolute Gasteiger partial charge is 0.354 e. The highest BCUT2D eigenvalue weighted by molar-refractivity contribution is 5.58. The summed E-state index contributed by atoms with van der Waals surface area (Å²) >= 11 is 0. The molecular formula is C16H19F4N5. The monoisotopic (exact) mass is 357 g/mol. The fraction of sp³-hybridized carbons (Fsp3) is 0.375. The third kappa shape index (κ3) is 5.86. The Morgan fingerprint density at radius 1 is 1.12 bits per heavy atom. The number of nitrogens with one attached hydrogen (secondary N) is 2. The molecule has 2 N–H and O–H groups in total. The molecule has 1 heterocycles. The highest BCUT2D eigenvalue weighted by atomic mass is 19.4. The molecule has 0 spiro atoms. The first-order valence-corrected chi connectivity index (χ1v) is 7.62. The highest BCUT2D eigenvalue weighted by Gasteiger charge is 2.33. The second kappa shape index (κ2) is 8.11. The van der Waals surface area contributed by atoms with E-state index in [1.807, 2.05) is 19.0 Å². The molecule has 1 aromatic heterocycles. The fourth-order valence-electron chi connectivity index (χ4n) is 2.03. The first-order chi connectivity index (χ1) is 11.8. The van der Waals surface area contributed by atoms with Gasteiger partial charge in [-0.2, -0.15) is 18.2 Å². The molecule has 0 aliphatic rings. The van der Waals surface area contributed by atoms with Gasteiger partial charge in [-0.25, -0.2) is 9.37 Å². The summed E-state index contributed by atoms with van der Waals surface area (Å²) in [4.78, 5) is 9.44. The van der Waals surface area contributed by atoms with Gasteiger partial charge in [-0.3, -0.25) is 0 Å². The van der Waals surface area contributed by atoms with Crippen molar-refractivity contribution in [3.05, 3.63) is 41.8 Å². The van der Waals surface area contributed by atoms with Crippen LogP contribution in [0.5, 0.6) is 0 Å². The summed E-state index contributed by atoms with van der Waals surface area (Å²) in [6.07, 6.45) is -3.92. The zero-order chi connectivity index (χ0) is 18.4. The number of nitrogens with zero attached hydrogens (tertiary/aromatic N) is 3. The molecule has 0 bridgehead atoms. The van der Waals surface area contributed by atoms with Gasteiger partial charge in [0.25, 0.3) is 0 Å². The minimum atomic E-state index is -4.63. The Kier molecular flexibility index (Phi) is 6.13. The fourth-order valence-corrected chi connectivity index (χ4v) is 2.03. The Bertz CT molecular complexity index is 703. The molecule has 0 unspecified atom stereocenters. The molecule has 25 heavy (non-hydrogen) atoms. The van der Waals surface area contributed by atoms with Crippen LogP contribution in [0.1, 0.15) is 12.1 Å². The van der Waals surface area contributed by atoms with E-state index in [0.717, 1.165) is 12.6 Å². The van der Waals surface area contributed by atoms with Gasteiger partial charge in [-0.15, -0.1) is 0 Å². The highest BCUT2D eigenvalue weighted by Crippen LogP contribution is 2.30. The minimum Gasteiger partial charge on any atom is -0.354 e. The predicted octanol–water partition coefficient (Wildman–Crippen LogP) is 3.74. The molecule has 0 aliphatic carbocycles. The maximum absolute atomic E-state index is 13.7. The first kappa shape index (κ1) is 18.9. The summed E-state index contributed by atoms with van der Waals surface area (Å²) in [6, 6.07) is 6.41. The SMILES string of the molecule is CN(C)CCCNc1nc(Nc2ccccc2F)cc(C(F)(F)F)n1. The summed E-state index contributed by atoms with van der Waals surface area (Å²) in [5.74, 6) is -0.884. The molecule has 5 nitrogen and oxygen atoms in total. The normalized spacial score (nSPS) is 11.6. The van der Waals surface area contributed by atoms with Crippen LogP contribution in [0.2, 0.25) is 0 Å². The second-order valence-electron chi connectivity index (χ2n) is 5.65. The topological polar surface area (TPSA) is 53.1 Å². The molecule has 0 aliphatic heterocycles. The standard InChI is InChI=1S/C16H19F4N5/c1-25(2)9-5-8-21-15-23-13(16(18,19)20)10-14(24-15)22-12-7-4-3-6-11(12)17/h3-4,6-7,10H,5,8-9H2,1-2H3,(H2,21,22,23,24). The first-order valence-electron chi connectivity index (χ1n) is 7.62. The molecule has 0 saturated carbocycles. The predicted molar refractivity (Wildman–Crippen MR) is 88.4 cm³/mol. The Morgan fingerprint density at radius 3 is 2.48 bits per heavy atom. The van der Waals surface area contributed by atoms with E-state index in [1.54, 1.807) is 6.07 Å². The molecule has 0 atom stereocenters. The Morgan fingerprint density at radius 2 is 1.84 bits per heavy atom. The molecular weight excluding hydrogens is 338 g/mol. The van der Waals surface area contributed by atoms with Crippen molar-refractivity contribution in [3.63, 3.8) is 0 Å². The van der Waals surface area contributed by atoms with E-state index >= 15 is 0 Å². The van der Waals surface area contributed by atoms with Crippen molar-refractivity contribution in [3.8, 4) is 0 Å². The van der Waals surface area contributed by atoms with Gasteiger partial charge in [0.15, 0.2) is 5.69 Å². The van der Waals surface area contributed by atoms with Crippen LogP contribution in [0.15, 0.2) is 30.3 Å². The number of anilines is 3. The van der Waals surface area contributed by atoms with E-state index in [9.17, 15) is 17.6 Å². The number of aromatic nitrogens is 2. The number of hydrogen-bond acceptors (Lipinski definition) is 5. The van der Waals surface area contributed by atoms with Gasteiger partial charge in [-0.1, -0.05) is 12.1 Å². The summed E-state index contributed by atoms with van der Waals surface area (Å²) in [6.45, 7) is 1.19. The van der Waals surface area contributed by atoms with E-state index in [1.165, 1.54) is 18.2 Å². The lowest BCUT2D eigenvalue weighted by atomic mass is 10.3. The molecule has 0 saturated heterocycles. The van der Waals surface area contributed by atoms with Crippen molar-refractivity contribution in [1.29, 1.82) is 0 Å². The van der Waals surface area contributed by atoms with E-state index < -0.39 is 17.7 Å². The van der Waals surface area contributed by atoms with Crippen LogP contribution in [-0.4, -0.2) is 42.1 Å². The van der Waals surface area contributed by atoms with Crippen LogP contribution in [0.3, 0.4) is 0 Å².